The van der Waals surface area contributed by atoms with Gasteiger partial charge in [-0.1, -0.05) is 19.9 Å². The standard InChI is InChI=1S/C23H25N7O4/c1-12(2)19(13-4-5-16-17(8-13)34-7-6-33-16)28-21-14-9-15(27-20(14)24-11-25-21)23(31)29-22-18(32-3)10-26-30-22/h4-5,8-12,19H,6-7H2,1-3H3,(H2,24,25,27,28)(H2,26,29,30,31)/t19-/m1/s1. The number of amides is 1. The lowest BCUT2D eigenvalue weighted by Gasteiger charge is -2.26. The maximum atomic E-state index is 12.8. The van der Waals surface area contributed by atoms with Crippen LogP contribution in [0.5, 0.6) is 17.2 Å². The van der Waals surface area contributed by atoms with E-state index in [0.717, 1.165) is 17.1 Å². The van der Waals surface area contributed by atoms with Crippen LogP contribution in [-0.2, 0) is 0 Å². The van der Waals surface area contributed by atoms with Crippen molar-refractivity contribution in [2.45, 2.75) is 19.9 Å². The van der Waals surface area contributed by atoms with E-state index in [-0.39, 0.29) is 17.9 Å². The average Bonchev–Trinajstić information content (AvgIpc) is 3.49. The van der Waals surface area contributed by atoms with Crippen LogP contribution in [0.3, 0.4) is 0 Å². The lowest BCUT2D eigenvalue weighted by atomic mass is 9.95. The highest BCUT2D eigenvalue weighted by atomic mass is 16.6. The monoisotopic (exact) mass is 463 g/mol. The predicted molar refractivity (Wildman–Crippen MR) is 126 cm³/mol. The van der Waals surface area contributed by atoms with Gasteiger partial charge in [0.25, 0.3) is 5.91 Å². The van der Waals surface area contributed by atoms with Crippen molar-refractivity contribution in [3.63, 3.8) is 0 Å². The van der Waals surface area contributed by atoms with Crippen LogP contribution in [0.15, 0.2) is 36.8 Å². The van der Waals surface area contributed by atoms with E-state index < -0.39 is 0 Å². The molecule has 4 aromatic rings. The van der Waals surface area contributed by atoms with E-state index in [2.05, 4.69) is 49.6 Å². The molecule has 0 saturated carbocycles. The molecular weight excluding hydrogens is 438 g/mol. The third-order valence-corrected chi connectivity index (χ3v) is 5.62. The van der Waals surface area contributed by atoms with Crippen LogP contribution < -0.4 is 24.8 Å². The Kier molecular flexibility index (Phi) is 5.66. The van der Waals surface area contributed by atoms with Gasteiger partial charge in [-0.05, 0) is 29.7 Å². The minimum Gasteiger partial charge on any atom is -0.491 e. The largest absolute Gasteiger partial charge is 0.491 e. The lowest BCUT2D eigenvalue weighted by Crippen LogP contribution is -2.19. The van der Waals surface area contributed by atoms with E-state index in [0.29, 0.717) is 47.3 Å². The SMILES string of the molecule is COc1cn[nH]c1NC(=O)c1cc2c(N[C@@H](c3ccc4c(c3)OCCO4)C(C)C)ncnc2[nH]1. The molecule has 34 heavy (non-hydrogen) atoms. The van der Waals surface area contributed by atoms with Crippen LogP contribution in [-0.4, -0.2) is 51.4 Å². The zero-order chi connectivity index (χ0) is 23.7. The molecule has 5 rings (SSSR count). The van der Waals surface area contributed by atoms with Crippen molar-refractivity contribution >= 4 is 28.6 Å². The molecule has 11 heteroatoms. The number of nitrogens with zero attached hydrogens (tertiary/aromatic N) is 3. The average molecular weight is 463 g/mol. The second kappa shape index (κ2) is 8.93. The van der Waals surface area contributed by atoms with Crippen molar-refractivity contribution < 1.29 is 19.0 Å². The molecular formula is C23H25N7O4. The van der Waals surface area contributed by atoms with Crippen molar-refractivity contribution in [2.75, 3.05) is 31.0 Å². The molecule has 176 valence electrons. The van der Waals surface area contributed by atoms with Crippen LogP contribution in [0, 0.1) is 5.92 Å². The first-order valence-electron chi connectivity index (χ1n) is 10.9. The van der Waals surface area contributed by atoms with Crippen molar-refractivity contribution in [2.24, 2.45) is 5.92 Å². The molecule has 3 aromatic heterocycles. The number of H-pyrrole nitrogens is 2. The van der Waals surface area contributed by atoms with Gasteiger partial charge in [-0.3, -0.25) is 9.89 Å². The smallest absolute Gasteiger partial charge is 0.273 e. The Morgan fingerprint density at radius 3 is 2.76 bits per heavy atom. The number of aromatic amines is 2. The Morgan fingerprint density at radius 2 is 1.97 bits per heavy atom. The minimum absolute atomic E-state index is 0.0599. The number of rotatable bonds is 7. The zero-order valence-electron chi connectivity index (χ0n) is 19.0. The summed E-state index contributed by atoms with van der Waals surface area (Å²) in [7, 11) is 1.50. The van der Waals surface area contributed by atoms with Crippen molar-refractivity contribution in [1.82, 2.24) is 25.1 Å². The van der Waals surface area contributed by atoms with Gasteiger partial charge >= 0.3 is 0 Å². The number of hydrogen-bond donors (Lipinski definition) is 4. The minimum atomic E-state index is -0.362. The Bertz CT molecular complexity index is 1330. The number of anilines is 2. The Hall–Kier alpha value is -4.28. The number of carbonyl (C=O) groups excluding carboxylic acids is 1. The normalized spacial score (nSPS) is 13.6. The molecule has 4 N–H and O–H groups in total. The fourth-order valence-corrected chi connectivity index (χ4v) is 3.91. The maximum absolute atomic E-state index is 12.8. The van der Waals surface area contributed by atoms with E-state index in [1.807, 2.05) is 18.2 Å². The van der Waals surface area contributed by atoms with E-state index in [9.17, 15) is 4.79 Å². The van der Waals surface area contributed by atoms with E-state index in [4.69, 9.17) is 14.2 Å². The highest BCUT2D eigenvalue weighted by Crippen LogP contribution is 2.36. The lowest BCUT2D eigenvalue weighted by molar-refractivity contribution is 0.102. The summed E-state index contributed by atoms with van der Waals surface area (Å²) in [6.45, 7) is 5.33. The second-order valence-corrected chi connectivity index (χ2v) is 8.20. The Labute approximate surface area is 195 Å². The van der Waals surface area contributed by atoms with Crippen molar-refractivity contribution in [3.05, 3.63) is 48.0 Å². The second-order valence-electron chi connectivity index (χ2n) is 8.20. The molecule has 0 bridgehead atoms. The number of nitrogens with one attached hydrogen (secondary N) is 4. The molecule has 1 aliphatic rings. The molecule has 4 heterocycles. The summed E-state index contributed by atoms with van der Waals surface area (Å²) in [5.74, 6) is 2.78. The summed E-state index contributed by atoms with van der Waals surface area (Å²) in [6, 6.07) is 7.61. The van der Waals surface area contributed by atoms with Crippen LogP contribution in [0.1, 0.15) is 35.9 Å². The quantitative estimate of drug-likeness (QED) is 0.326. The summed E-state index contributed by atoms with van der Waals surface area (Å²) in [5, 5.41) is 13.5. The van der Waals surface area contributed by atoms with Crippen LogP contribution in [0.25, 0.3) is 11.0 Å². The highest BCUT2D eigenvalue weighted by molar-refractivity contribution is 6.06. The zero-order valence-corrected chi connectivity index (χ0v) is 19.0. The first-order chi connectivity index (χ1) is 16.5. The summed E-state index contributed by atoms with van der Waals surface area (Å²) < 4.78 is 16.6. The van der Waals surface area contributed by atoms with Crippen LogP contribution in [0.4, 0.5) is 11.6 Å². The molecule has 1 atom stereocenters. The Balaban J connectivity index is 1.43. The Morgan fingerprint density at radius 1 is 1.15 bits per heavy atom. The van der Waals surface area contributed by atoms with Crippen molar-refractivity contribution in [1.29, 1.82) is 0 Å². The van der Waals surface area contributed by atoms with E-state index >= 15 is 0 Å². The first kappa shape index (κ1) is 21.6. The molecule has 0 unspecified atom stereocenters. The van der Waals surface area contributed by atoms with Gasteiger partial charge in [-0.2, -0.15) is 5.10 Å². The fourth-order valence-electron chi connectivity index (χ4n) is 3.91. The van der Waals surface area contributed by atoms with Crippen molar-refractivity contribution in [3.8, 4) is 17.2 Å². The molecule has 1 aliphatic heterocycles. The molecule has 0 radical (unpaired) electrons. The first-order valence-corrected chi connectivity index (χ1v) is 10.9. The van der Waals surface area contributed by atoms with Gasteiger partial charge in [0.15, 0.2) is 23.1 Å². The number of methoxy groups -OCH3 is 1. The van der Waals surface area contributed by atoms with Crippen LogP contribution in [0.2, 0.25) is 0 Å². The third-order valence-electron chi connectivity index (χ3n) is 5.62. The number of ether oxygens (including phenoxy) is 3. The van der Waals surface area contributed by atoms with Crippen LogP contribution >= 0.6 is 0 Å². The maximum Gasteiger partial charge on any atom is 0.273 e. The molecule has 11 nitrogen and oxygen atoms in total. The van der Waals surface area contributed by atoms with Gasteiger partial charge in [0, 0.05) is 0 Å². The molecule has 0 spiro atoms. The summed E-state index contributed by atoms with van der Waals surface area (Å²) in [5.41, 5.74) is 1.92. The number of aromatic nitrogens is 5. The highest BCUT2D eigenvalue weighted by Gasteiger charge is 2.22. The van der Waals surface area contributed by atoms with Gasteiger partial charge < -0.3 is 29.8 Å². The van der Waals surface area contributed by atoms with Gasteiger partial charge in [0.1, 0.15) is 36.7 Å². The third kappa shape index (κ3) is 4.07. The molecule has 1 aromatic carbocycles. The summed E-state index contributed by atoms with van der Waals surface area (Å²) in [6.07, 6.45) is 2.94. The number of carbonyl (C=O) groups is 1. The van der Waals surface area contributed by atoms with Gasteiger partial charge in [0.2, 0.25) is 0 Å². The van der Waals surface area contributed by atoms with E-state index in [1.165, 1.54) is 19.6 Å². The fraction of sp³-hybridized carbons (Fsp3) is 0.304. The summed E-state index contributed by atoms with van der Waals surface area (Å²) in [4.78, 5) is 24.6. The molecule has 1 amide bonds. The molecule has 0 aliphatic carbocycles. The van der Waals surface area contributed by atoms with Gasteiger partial charge in [0.05, 0.1) is 24.7 Å². The number of fused-ring (bicyclic) bond motifs is 2. The molecule has 0 saturated heterocycles. The number of hydrogen-bond acceptors (Lipinski definition) is 8. The number of benzene rings is 1. The topological polar surface area (TPSA) is 139 Å². The summed E-state index contributed by atoms with van der Waals surface area (Å²) >= 11 is 0. The van der Waals surface area contributed by atoms with Gasteiger partial charge in [-0.15, -0.1) is 0 Å². The molecule has 0 fully saturated rings. The van der Waals surface area contributed by atoms with E-state index in [1.54, 1.807) is 6.07 Å². The predicted octanol–water partition coefficient (Wildman–Crippen LogP) is 3.52. The van der Waals surface area contributed by atoms with Gasteiger partial charge in [-0.25, -0.2) is 9.97 Å².